The van der Waals surface area contributed by atoms with Crippen LogP contribution in [0.15, 0.2) is 42.5 Å². The summed E-state index contributed by atoms with van der Waals surface area (Å²) in [6.45, 7) is 4.80. The van der Waals surface area contributed by atoms with Gasteiger partial charge >= 0.3 is 6.09 Å². The van der Waals surface area contributed by atoms with E-state index in [4.69, 9.17) is 16.7 Å². The Hall–Kier alpha value is -2.64. The summed E-state index contributed by atoms with van der Waals surface area (Å²) >= 11 is 5.82. The zero-order valence-electron chi connectivity index (χ0n) is 15.6. The smallest absolute Gasteiger partial charge is 0.407 e. The first-order valence-electron chi connectivity index (χ1n) is 9.13. The summed E-state index contributed by atoms with van der Waals surface area (Å²) in [7, 11) is 0. The van der Waals surface area contributed by atoms with Gasteiger partial charge in [0.15, 0.2) is 5.78 Å². The van der Waals surface area contributed by atoms with E-state index in [0.29, 0.717) is 23.9 Å². The number of Topliss-reactive ketones (excluding diaryl/α,β-unsaturated/α-hetero) is 1. The van der Waals surface area contributed by atoms with E-state index in [1.807, 2.05) is 31.2 Å². The van der Waals surface area contributed by atoms with Crippen LogP contribution in [0.2, 0.25) is 5.15 Å². The molecule has 2 N–H and O–H groups in total. The maximum atomic E-state index is 12.2. The quantitative estimate of drug-likeness (QED) is 0.570. The number of rotatable bonds is 6. The Morgan fingerprint density at radius 3 is 2.61 bits per heavy atom. The fraction of sp³-hybridized carbons (Fsp3) is 0.350. The van der Waals surface area contributed by atoms with E-state index in [1.54, 1.807) is 18.2 Å². The normalized spacial score (nSPS) is 17.4. The van der Waals surface area contributed by atoms with Crippen LogP contribution in [0.1, 0.15) is 23.0 Å². The minimum atomic E-state index is -0.856. The molecule has 3 rings (SSSR count). The molecule has 1 aliphatic rings. The number of pyridine rings is 1. The molecule has 2 aromatic rings. The van der Waals surface area contributed by atoms with Crippen LogP contribution in [0.25, 0.3) is 0 Å². The number of benzene rings is 1. The van der Waals surface area contributed by atoms with Gasteiger partial charge in [-0.15, -0.1) is 0 Å². The van der Waals surface area contributed by atoms with Crippen molar-refractivity contribution in [2.24, 2.45) is 0 Å². The molecule has 1 saturated heterocycles. The van der Waals surface area contributed by atoms with E-state index >= 15 is 0 Å². The Balaban J connectivity index is 1.50. The number of carbonyl (C=O) groups excluding carboxylic acids is 1. The van der Waals surface area contributed by atoms with Gasteiger partial charge in [-0.05, 0) is 36.8 Å². The van der Waals surface area contributed by atoms with E-state index in [-0.39, 0.29) is 18.4 Å². The summed E-state index contributed by atoms with van der Waals surface area (Å²) in [6.07, 6.45) is -0.856. The second kappa shape index (κ2) is 9.03. The van der Waals surface area contributed by atoms with Crippen molar-refractivity contribution in [3.8, 4) is 0 Å². The molecule has 0 radical (unpaired) electrons. The molecule has 7 nitrogen and oxygen atoms in total. The van der Waals surface area contributed by atoms with Crippen molar-refractivity contribution in [1.29, 1.82) is 0 Å². The van der Waals surface area contributed by atoms with E-state index in [1.165, 1.54) is 4.90 Å². The van der Waals surface area contributed by atoms with Crippen LogP contribution in [0.5, 0.6) is 0 Å². The SMILES string of the molecule is C[C@H]1CN(Cc2ccc(NCC(=O)c3cccc(Cl)n3)cc2)CCN1C(=O)O. The summed E-state index contributed by atoms with van der Waals surface area (Å²) in [5.41, 5.74) is 2.33. The zero-order chi connectivity index (χ0) is 20.1. The third kappa shape index (κ3) is 5.21. The molecule has 8 heteroatoms. The zero-order valence-corrected chi connectivity index (χ0v) is 16.4. The number of aromatic nitrogens is 1. The van der Waals surface area contributed by atoms with Gasteiger partial charge in [0.1, 0.15) is 10.8 Å². The molecular weight excluding hydrogens is 380 g/mol. The lowest BCUT2D eigenvalue weighted by molar-refractivity contribution is 0.0711. The molecule has 1 fully saturated rings. The lowest BCUT2D eigenvalue weighted by atomic mass is 10.1. The molecule has 1 amide bonds. The van der Waals surface area contributed by atoms with Gasteiger partial charge in [0.05, 0.1) is 6.54 Å². The molecule has 1 atom stereocenters. The molecule has 28 heavy (non-hydrogen) atoms. The highest BCUT2D eigenvalue weighted by Crippen LogP contribution is 2.16. The molecule has 1 aromatic carbocycles. The van der Waals surface area contributed by atoms with Gasteiger partial charge in [-0.25, -0.2) is 9.78 Å². The topological polar surface area (TPSA) is 85.8 Å². The largest absolute Gasteiger partial charge is 0.465 e. The maximum absolute atomic E-state index is 12.2. The standard InChI is InChI=1S/C20H23ClN4O3/c1-14-12-24(9-10-25(14)20(27)28)13-15-5-7-16(8-6-15)22-11-18(26)17-3-2-4-19(21)23-17/h2-8,14,22H,9-13H2,1H3,(H,27,28)/t14-/m0/s1. The highest BCUT2D eigenvalue weighted by Gasteiger charge is 2.26. The fourth-order valence-electron chi connectivity index (χ4n) is 3.28. The van der Waals surface area contributed by atoms with Gasteiger partial charge in [-0.1, -0.05) is 29.8 Å². The Bertz CT molecular complexity index is 844. The summed E-state index contributed by atoms with van der Waals surface area (Å²) in [5, 5.41) is 12.6. The molecule has 0 bridgehead atoms. The lowest BCUT2D eigenvalue weighted by Gasteiger charge is -2.38. The summed E-state index contributed by atoms with van der Waals surface area (Å²) in [4.78, 5) is 31.1. The second-order valence-electron chi connectivity index (χ2n) is 6.88. The van der Waals surface area contributed by atoms with Crippen molar-refractivity contribution >= 4 is 29.2 Å². The first-order chi connectivity index (χ1) is 13.4. The van der Waals surface area contributed by atoms with Crippen LogP contribution >= 0.6 is 11.6 Å². The minimum absolute atomic E-state index is 0.0155. The van der Waals surface area contributed by atoms with Crippen LogP contribution in [0.4, 0.5) is 10.5 Å². The number of anilines is 1. The van der Waals surface area contributed by atoms with Crippen LogP contribution in [0.3, 0.4) is 0 Å². The number of hydrogen-bond acceptors (Lipinski definition) is 5. The molecular formula is C20H23ClN4O3. The van der Waals surface area contributed by atoms with Crippen LogP contribution in [-0.2, 0) is 6.54 Å². The highest BCUT2D eigenvalue weighted by molar-refractivity contribution is 6.29. The summed E-state index contributed by atoms with van der Waals surface area (Å²) < 4.78 is 0. The van der Waals surface area contributed by atoms with Gasteiger partial charge < -0.3 is 15.3 Å². The fourth-order valence-corrected chi connectivity index (χ4v) is 3.45. The average molecular weight is 403 g/mol. The number of halogens is 1. The first-order valence-corrected chi connectivity index (χ1v) is 9.50. The van der Waals surface area contributed by atoms with Crippen molar-refractivity contribution in [1.82, 2.24) is 14.8 Å². The van der Waals surface area contributed by atoms with Gasteiger partial charge in [-0.3, -0.25) is 9.69 Å². The number of nitrogens with zero attached hydrogens (tertiary/aromatic N) is 3. The third-order valence-electron chi connectivity index (χ3n) is 4.77. The van der Waals surface area contributed by atoms with Crippen molar-refractivity contribution in [2.75, 3.05) is 31.5 Å². The number of carbonyl (C=O) groups is 2. The van der Waals surface area contributed by atoms with E-state index in [2.05, 4.69) is 15.2 Å². The number of hydrogen-bond donors (Lipinski definition) is 2. The van der Waals surface area contributed by atoms with Crippen molar-refractivity contribution < 1.29 is 14.7 Å². The molecule has 0 aliphatic carbocycles. The number of ketones is 1. The Morgan fingerprint density at radius 2 is 1.96 bits per heavy atom. The molecule has 0 spiro atoms. The highest BCUT2D eigenvalue weighted by atomic mass is 35.5. The molecule has 0 saturated carbocycles. The minimum Gasteiger partial charge on any atom is -0.465 e. The number of piperazine rings is 1. The van der Waals surface area contributed by atoms with Gasteiger partial charge in [0.25, 0.3) is 0 Å². The van der Waals surface area contributed by atoms with Gasteiger partial charge in [0.2, 0.25) is 0 Å². The molecule has 1 aromatic heterocycles. The Kier molecular flexibility index (Phi) is 6.49. The van der Waals surface area contributed by atoms with E-state index in [9.17, 15) is 9.59 Å². The number of nitrogens with one attached hydrogen (secondary N) is 1. The third-order valence-corrected chi connectivity index (χ3v) is 4.98. The number of amides is 1. The first kappa shape index (κ1) is 20.1. The maximum Gasteiger partial charge on any atom is 0.407 e. The summed E-state index contributed by atoms with van der Waals surface area (Å²) in [5.74, 6) is -0.128. The molecule has 2 heterocycles. The predicted octanol–water partition coefficient (Wildman–Crippen LogP) is 3.21. The average Bonchev–Trinajstić information content (AvgIpc) is 2.67. The van der Waals surface area contributed by atoms with E-state index in [0.717, 1.165) is 24.3 Å². The monoisotopic (exact) mass is 402 g/mol. The Morgan fingerprint density at radius 1 is 1.21 bits per heavy atom. The predicted molar refractivity (Wildman–Crippen MR) is 108 cm³/mol. The van der Waals surface area contributed by atoms with Crippen molar-refractivity contribution in [2.45, 2.75) is 19.5 Å². The number of carboxylic acid groups (broad SMARTS) is 1. The van der Waals surface area contributed by atoms with Crippen LogP contribution in [0, 0.1) is 0 Å². The summed E-state index contributed by atoms with van der Waals surface area (Å²) in [6, 6.07) is 12.9. The van der Waals surface area contributed by atoms with Crippen LogP contribution in [-0.4, -0.2) is 64.0 Å². The van der Waals surface area contributed by atoms with Crippen molar-refractivity contribution in [3.05, 3.63) is 58.9 Å². The molecule has 0 unspecified atom stereocenters. The van der Waals surface area contributed by atoms with Gasteiger partial charge in [-0.2, -0.15) is 0 Å². The van der Waals surface area contributed by atoms with E-state index < -0.39 is 6.09 Å². The molecule has 148 valence electrons. The Labute approximate surface area is 168 Å². The van der Waals surface area contributed by atoms with Crippen LogP contribution < -0.4 is 5.32 Å². The van der Waals surface area contributed by atoms with Gasteiger partial charge in [0, 0.05) is 37.9 Å². The van der Waals surface area contributed by atoms with Crippen molar-refractivity contribution in [3.63, 3.8) is 0 Å². The second-order valence-corrected chi connectivity index (χ2v) is 7.27. The lowest BCUT2D eigenvalue weighted by Crippen LogP contribution is -2.53. The molecule has 1 aliphatic heterocycles.